The number of fused-ring (bicyclic) bond motifs is 1. The van der Waals surface area contributed by atoms with Crippen LogP contribution in [0.15, 0.2) is 53.3 Å². The molecule has 27 heavy (non-hydrogen) atoms. The van der Waals surface area contributed by atoms with Crippen LogP contribution in [-0.4, -0.2) is 32.6 Å². The number of hydrogen-bond donors (Lipinski definition) is 2. The van der Waals surface area contributed by atoms with Gasteiger partial charge >= 0.3 is 0 Å². The number of halogens is 1. The second-order valence-corrected chi connectivity index (χ2v) is 7.30. The van der Waals surface area contributed by atoms with E-state index in [1.165, 1.54) is 0 Å². The number of hydrogen-bond acceptors (Lipinski definition) is 4. The van der Waals surface area contributed by atoms with Crippen LogP contribution in [0.3, 0.4) is 0 Å². The van der Waals surface area contributed by atoms with E-state index in [0.29, 0.717) is 10.4 Å². The summed E-state index contributed by atoms with van der Waals surface area (Å²) in [5, 5.41) is 10.8. The quantitative estimate of drug-likeness (QED) is 0.589. The molecule has 2 heterocycles. The zero-order valence-electron chi connectivity index (χ0n) is 15.0. The van der Waals surface area contributed by atoms with Crippen molar-refractivity contribution in [2.75, 3.05) is 5.32 Å². The van der Waals surface area contributed by atoms with Gasteiger partial charge < -0.3 is 10.6 Å². The van der Waals surface area contributed by atoms with Crippen LogP contribution in [0.5, 0.6) is 0 Å². The van der Waals surface area contributed by atoms with Gasteiger partial charge in [0.05, 0.1) is 11.7 Å². The smallest absolute Gasteiger partial charge is 0.248 e. The first-order valence-electron chi connectivity index (χ1n) is 8.57. The van der Waals surface area contributed by atoms with Crippen molar-refractivity contribution in [1.29, 1.82) is 0 Å². The van der Waals surface area contributed by atoms with Gasteiger partial charge in [-0.3, -0.25) is 14.3 Å². The third kappa shape index (κ3) is 4.71. The van der Waals surface area contributed by atoms with Crippen LogP contribution in [0.4, 0.5) is 5.82 Å². The van der Waals surface area contributed by atoms with Crippen LogP contribution in [-0.2, 0) is 16.1 Å². The van der Waals surface area contributed by atoms with Gasteiger partial charge in [-0.15, -0.1) is 0 Å². The molecule has 1 atom stereocenters. The van der Waals surface area contributed by atoms with Crippen LogP contribution in [0.25, 0.3) is 10.9 Å². The highest BCUT2D eigenvalue weighted by molar-refractivity contribution is 9.10. The van der Waals surface area contributed by atoms with Gasteiger partial charge in [0, 0.05) is 5.39 Å². The Balaban J connectivity index is 1.68. The number of carbonyl (C=O) groups excluding carboxylic acids is 2. The Bertz CT molecular complexity index is 969. The van der Waals surface area contributed by atoms with E-state index in [0.717, 1.165) is 10.9 Å². The van der Waals surface area contributed by atoms with E-state index in [2.05, 4.69) is 36.6 Å². The molecule has 2 amide bonds. The average molecular weight is 430 g/mol. The lowest BCUT2D eigenvalue weighted by Crippen LogP contribution is -2.48. The molecule has 8 heteroatoms. The van der Waals surface area contributed by atoms with Crippen molar-refractivity contribution in [1.82, 2.24) is 20.1 Å². The minimum absolute atomic E-state index is 0.0408. The summed E-state index contributed by atoms with van der Waals surface area (Å²) in [5.74, 6) is -0.253. The number of benzene rings is 1. The lowest BCUT2D eigenvalue weighted by atomic mass is 10.0. The normalized spacial score (nSPS) is 12.1. The molecule has 2 N–H and O–H groups in total. The van der Waals surface area contributed by atoms with Crippen molar-refractivity contribution in [3.8, 4) is 0 Å². The van der Waals surface area contributed by atoms with Gasteiger partial charge in [0.25, 0.3) is 0 Å². The Morgan fingerprint density at radius 2 is 1.93 bits per heavy atom. The third-order valence-electron chi connectivity index (χ3n) is 4.08. The molecule has 3 rings (SSSR count). The Hall–Kier alpha value is -2.74. The van der Waals surface area contributed by atoms with Gasteiger partial charge in [-0.05, 0) is 40.0 Å². The monoisotopic (exact) mass is 429 g/mol. The summed E-state index contributed by atoms with van der Waals surface area (Å²) in [5.41, 5.74) is 0.872. The van der Waals surface area contributed by atoms with Crippen LogP contribution in [0.2, 0.25) is 0 Å². The fourth-order valence-corrected chi connectivity index (χ4v) is 3.07. The SMILES string of the molecule is CC(C)[C@H](NC(=O)Cn1ncc2ccccc21)C(=O)Nc1cccc(Br)n1. The van der Waals surface area contributed by atoms with Crippen LogP contribution >= 0.6 is 15.9 Å². The van der Waals surface area contributed by atoms with Crippen molar-refractivity contribution < 1.29 is 9.59 Å². The molecule has 0 spiro atoms. The van der Waals surface area contributed by atoms with Crippen molar-refractivity contribution >= 4 is 44.5 Å². The maximum atomic E-state index is 12.6. The first-order valence-corrected chi connectivity index (χ1v) is 9.36. The number of amides is 2. The number of nitrogens with one attached hydrogen (secondary N) is 2. The van der Waals surface area contributed by atoms with Gasteiger partial charge in [-0.25, -0.2) is 4.98 Å². The molecule has 140 valence electrons. The molecule has 0 aliphatic heterocycles. The lowest BCUT2D eigenvalue weighted by Gasteiger charge is -2.21. The summed E-state index contributed by atoms with van der Waals surface area (Å²) in [6.07, 6.45) is 1.72. The number of pyridine rings is 1. The van der Waals surface area contributed by atoms with Gasteiger partial charge in [0.1, 0.15) is 23.0 Å². The van der Waals surface area contributed by atoms with Gasteiger partial charge in [-0.2, -0.15) is 5.10 Å². The number of aromatic nitrogens is 3. The molecule has 0 bridgehead atoms. The average Bonchev–Trinajstić information content (AvgIpc) is 3.02. The summed E-state index contributed by atoms with van der Waals surface area (Å²) in [6.45, 7) is 3.80. The second kappa shape index (κ2) is 8.30. The predicted octanol–water partition coefficient (Wildman–Crippen LogP) is 2.97. The fourth-order valence-electron chi connectivity index (χ4n) is 2.72. The highest BCUT2D eigenvalue weighted by atomic mass is 79.9. The van der Waals surface area contributed by atoms with Crippen molar-refractivity contribution in [2.24, 2.45) is 5.92 Å². The topological polar surface area (TPSA) is 88.9 Å². The number of para-hydroxylation sites is 1. The maximum absolute atomic E-state index is 12.6. The molecule has 0 aliphatic carbocycles. The maximum Gasteiger partial charge on any atom is 0.248 e. The molecular formula is C19H20BrN5O2. The second-order valence-electron chi connectivity index (χ2n) is 6.49. The number of anilines is 1. The molecule has 0 saturated carbocycles. The van der Waals surface area contributed by atoms with E-state index >= 15 is 0 Å². The standard InChI is InChI=1S/C19H20BrN5O2/c1-12(2)18(19(27)23-16-9-5-8-15(20)22-16)24-17(26)11-25-14-7-4-3-6-13(14)10-21-25/h3-10,12,18H,11H2,1-2H3,(H,24,26)(H,22,23,27)/t18-/m0/s1. The van der Waals surface area contributed by atoms with Crippen LogP contribution < -0.4 is 10.6 Å². The van der Waals surface area contributed by atoms with E-state index < -0.39 is 6.04 Å². The van der Waals surface area contributed by atoms with Gasteiger partial charge in [0.15, 0.2) is 0 Å². The van der Waals surface area contributed by atoms with E-state index in [-0.39, 0.29) is 24.3 Å². The number of nitrogens with zero attached hydrogens (tertiary/aromatic N) is 3. The van der Waals surface area contributed by atoms with Crippen LogP contribution in [0, 0.1) is 5.92 Å². The van der Waals surface area contributed by atoms with E-state index in [1.807, 2.05) is 38.1 Å². The predicted molar refractivity (Wildman–Crippen MR) is 107 cm³/mol. The molecule has 0 aliphatic rings. The fraction of sp³-hybridized carbons (Fsp3) is 0.263. The van der Waals surface area contributed by atoms with E-state index in [4.69, 9.17) is 0 Å². The van der Waals surface area contributed by atoms with Gasteiger partial charge in [0.2, 0.25) is 11.8 Å². The summed E-state index contributed by atoms with van der Waals surface area (Å²) in [4.78, 5) is 29.3. The molecule has 0 fully saturated rings. The molecule has 3 aromatic rings. The summed E-state index contributed by atoms with van der Waals surface area (Å²) in [6, 6.07) is 12.2. The van der Waals surface area contributed by atoms with E-state index in [1.54, 1.807) is 29.1 Å². The highest BCUT2D eigenvalue weighted by Gasteiger charge is 2.25. The van der Waals surface area contributed by atoms with E-state index in [9.17, 15) is 9.59 Å². The molecule has 1 aromatic carbocycles. The Kier molecular flexibility index (Phi) is 5.85. The minimum atomic E-state index is -0.680. The van der Waals surface area contributed by atoms with Crippen molar-refractivity contribution in [2.45, 2.75) is 26.4 Å². The molecule has 0 saturated heterocycles. The largest absolute Gasteiger partial charge is 0.342 e. The molecule has 7 nitrogen and oxygen atoms in total. The zero-order chi connectivity index (χ0) is 19.4. The van der Waals surface area contributed by atoms with Crippen LogP contribution in [0.1, 0.15) is 13.8 Å². The summed E-state index contributed by atoms with van der Waals surface area (Å²) >= 11 is 3.27. The molecule has 0 unspecified atom stereocenters. The highest BCUT2D eigenvalue weighted by Crippen LogP contribution is 2.14. The summed E-state index contributed by atoms with van der Waals surface area (Å²) in [7, 11) is 0. The first kappa shape index (κ1) is 19.0. The Morgan fingerprint density at radius 3 is 2.67 bits per heavy atom. The first-order chi connectivity index (χ1) is 12.9. The van der Waals surface area contributed by atoms with Crippen molar-refractivity contribution in [3.05, 3.63) is 53.3 Å². The molecule has 0 radical (unpaired) electrons. The number of rotatable bonds is 6. The minimum Gasteiger partial charge on any atom is -0.342 e. The molecular weight excluding hydrogens is 410 g/mol. The lowest BCUT2D eigenvalue weighted by molar-refractivity contribution is -0.127. The zero-order valence-corrected chi connectivity index (χ0v) is 16.6. The number of carbonyl (C=O) groups is 2. The Morgan fingerprint density at radius 1 is 1.15 bits per heavy atom. The van der Waals surface area contributed by atoms with Crippen molar-refractivity contribution in [3.63, 3.8) is 0 Å². The van der Waals surface area contributed by atoms with Gasteiger partial charge in [-0.1, -0.05) is 38.1 Å². The Labute approximate surface area is 165 Å². The third-order valence-corrected chi connectivity index (χ3v) is 4.52. The summed E-state index contributed by atoms with van der Waals surface area (Å²) < 4.78 is 2.24. The molecule has 2 aromatic heterocycles.